The van der Waals surface area contributed by atoms with Gasteiger partial charge in [-0.2, -0.15) is 0 Å². The Labute approximate surface area is 190 Å². The Hall–Kier alpha value is -0.760. The first-order valence-corrected chi connectivity index (χ1v) is 12.1. The predicted octanol–water partition coefficient (Wildman–Crippen LogP) is 6.17. The molecule has 4 nitrogen and oxygen atoms in total. The summed E-state index contributed by atoms with van der Waals surface area (Å²) in [5, 5.41) is 11.3. The minimum absolute atomic E-state index is 0.248. The van der Waals surface area contributed by atoms with Crippen molar-refractivity contribution in [3.05, 3.63) is 73.4 Å². The van der Waals surface area contributed by atoms with E-state index >= 15 is 0 Å². The Balaban J connectivity index is 1.67. The van der Waals surface area contributed by atoms with Gasteiger partial charge in [-0.05, 0) is 29.8 Å². The molecule has 2 aromatic carbocycles. The van der Waals surface area contributed by atoms with E-state index in [1.807, 2.05) is 11.6 Å². The number of halogens is 4. The van der Waals surface area contributed by atoms with Crippen LogP contribution in [0.2, 0.25) is 20.1 Å². The van der Waals surface area contributed by atoms with Gasteiger partial charge >= 0.3 is 0 Å². The van der Waals surface area contributed by atoms with Crippen molar-refractivity contribution in [1.82, 2.24) is 14.8 Å². The smallest absolute Gasteiger partial charge is 0.191 e. The van der Waals surface area contributed by atoms with Crippen molar-refractivity contribution in [2.75, 3.05) is 0 Å². The second-order valence-corrected chi connectivity index (χ2v) is 9.90. The second-order valence-electron chi connectivity index (χ2n) is 5.88. The van der Waals surface area contributed by atoms with Crippen LogP contribution in [0.25, 0.3) is 0 Å². The molecular formula is C18H15Cl4N3OS2. The number of hydrogen-bond donors (Lipinski definition) is 0. The maximum absolute atomic E-state index is 12.6. The monoisotopic (exact) mass is 493 g/mol. The van der Waals surface area contributed by atoms with Gasteiger partial charge in [-0.15, -0.1) is 10.2 Å². The molecule has 0 bridgehead atoms. The molecular weight excluding hydrogens is 480 g/mol. The van der Waals surface area contributed by atoms with Gasteiger partial charge in [0.25, 0.3) is 0 Å². The van der Waals surface area contributed by atoms with Gasteiger partial charge in [0, 0.05) is 49.3 Å². The van der Waals surface area contributed by atoms with E-state index in [1.54, 1.807) is 36.4 Å². The fraction of sp³-hybridized carbons (Fsp3) is 0.222. The normalized spacial score (nSPS) is 12.3. The maximum atomic E-state index is 12.6. The molecule has 0 aliphatic carbocycles. The van der Waals surface area contributed by atoms with E-state index in [2.05, 4.69) is 10.2 Å². The van der Waals surface area contributed by atoms with Gasteiger partial charge in [0.2, 0.25) is 0 Å². The van der Waals surface area contributed by atoms with Crippen LogP contribution in [0, 0.1) is 0 Å². The largest absolute Gasteiger partial charge is 0.308 e. The number of nitrogens with zero attached hydrogens (tertiary/aromatic N) is 3. The molecule has 0 radical (unpaired) electrons. The molecule has 0 spiro atoms. The number of hydrogen-bond acceptors (Lipinski definition) is 4. The number of benzene rings is 2. The summed E-state index contributed by atoms with van der Waals surface area (Å²) in [6, 6.07) is 10.6. The molecule has 28 heavy (non-hydrogen) atoms. The Bertz CT molecular complexity index is 986. The van der Waals surface area contributed by atoms with Gasteiger partial charge in [0.05, 0.1) is 11.5 Å². The third-order valence-electron chi connectivity index (χ3n) is 3.99. The minimum Gasteiger partial charge on any atom is -0.308 e. The molecule has 3 aromatic rings. The van der Waals surface area contributed by atoms with Crippen LogP contribution in [-0.2, 0) is 35.1 Å². The molecule has 0 aliphatic rings. The Kier molecular flexibility index (Phi) is 7.70. The molecule has 0 unspecified atom stereocenters. The van der Waals surface area contributed by atoms with Crippen LogP contribution in [0.5, 0.6) is 0 Å². The van der Waals surface area contributed by atoms with Crippen molar-refractivity contribution in [3.63, 3.8) is 0 Å². The summed E-state index contributed by atoms with van der Waals surface area (Å²) in [6.07, 6.45) is 0. The first-order chi connectivity index (χ1) is 13.4. The van der Waals surface area contributed by atoms with E-state index in [0.29, 0.717) is 42.4 Å². The summed E-state index contributed by atoms with van der Waals surface area (Å²) in [5.41, 5.74) is 1.52. The van der Waals surface area contributed by atoms with Crippen LogP contribution in [0.1, 0.15) is 17.0 Å². The second kappa shape index (κ2) is 9.83. The van der Waals surface area contributed by atoms with E-state index in [4.69, 9.17) is 46.4 Å². The van der Waals surface area contributed by atoms with E-state index < -0.39 is 10.8 Å². The van der Waals surface area contributed by atoms with Crippen LogP contribution in [-0.4, -0.2) is 19.0 Å². The SMILES string of the molecule is Cn1c(C[S@@](=O)Cc2c(Cl)cccc2Cl)nnc1SCc1c(Cl)cccc1Cl. The minimum atomic E-state index is -1.23. The summed E-state index contributed by atoms with van der Waals surface area (Å²) in [6.45, 7) is 0. The van der Waals surface area contributed by atoms with Crippen molar-refractivity contribution in [3.8, 4) is 0 Å². The van der Waals surface area contributed by atoms with Crippen LogP contribution in [0.4, 0.5) is 0 Å². The van der Waals surface area contributed by atoms with Crippen molar-refractivity contribution >= 4 is 69.0 Å². The topological polar surface area (TPSA) is 47.8 Å². The van der Waals surface area contributed by atoms with Crippen LogP contribution in [0.3, 0.4) is 0 Å². The highest BCUT2D eigenvalue weighted by Crippen LogP contribution is 2.31. The van der Waals surface area contributed by atoms with E-state index in [9.17, 15) is 4.21 Å². The van der Waals surface area contributed by atoms with Crippen LogP contribution >= 0.6 is 58.2 Å². The Morgan fingerprint density at radius 2 is 1.43 bits per heavy atom. The average Bonchev–Trinajstić information content (AvgIpc) is 2.98. The van der Waals surface area contributed by atoms with Crippen molar-refractivity contribution < 1.29 is 4.21 Å². The molecule has 1 aromatic heterocycles. The fourth-order valence-corrected chi connectivity index (χ4v) is 6.07. The molecule has 0 fully saturated rings. The summed E-state index contributed by atoms with van der Waals surface area (Å²) in [5.74, 6) is 1.68. The molecule has 0 N–H and O–H groups in total. The molecule has 0 aliphatic heterocycles. The van der Waals surface area contributed by atoms with E-state index in [1.165, 1.54) is 11.8 Å². The first kappa shape index (κ1) is 21.9. The lowest BCUT2D eigenvalue weighted by Crippen LogP contribution is -2.06. The molecule has 148 valence electrons. The molecule has 0 saturated heterocycles. The summed E-state index contributed by atoms with van der Waals surface area (Å²) in [7, 11) is 0.608. The van der Waals surface area contributed by atoms with Crippen LogP contribution in [0.15, 0.2) is 41.6 Å². The van der Waals surface area contributed by atoms with Crippen molar-refractivity contribution in [1.29, 1.82) is 0 Å². The number of aromatic nitrogens is 3. The van der Waals surface area contributed by atoms with Gasteiger partial charge in [-0.1, -0.05) is 70.3 Å². The highest BCUT2D eigenvalue weighted by Gasteiger charge is 2.16. The number of rotatable bonds is 7. The first-order valence-electron chi connectivity index (χ1n) is 8.08. The summed E-state index contributed by atoms with van der Waals surface area (Å²) >= 11 is 26.2. The Morgan fingerprint density at radius 1 is 0.893 bits per heavy atom. The maximum Gasteiger partial charge on any atom is 0.191 e. The number of thioether (sulfide) groups is 1. The third-order valence-corrected chi connectivity index (χ3v) is 7.64. The van der Waals surface area contributed by atoms with Gasteiger partial charge < -0.3 is 4.57 Å². The molecule has 1 heterocycles. The quantitative estimate of drug-likeness (QED) is 0.368. The Morgan fingerprint density at radius 3 is 2.00 bits per heavy atom. The average molecular weight is 495 g/mol. The van der Waals surface area contributed by atoms with E-state index in [0.717, 1.165) is 5.56 Å². The van der Waals surface area contributed by atoms with E-state index in [-0.39, 0.29) is 11.5 Å². The predicted molar refractivity (Wildman–Crippen MR) is 119 cm³/mol. The van der Waals surface area contributed by atoms with Gasteiger partial charge in [-0.25, -0.2) is 0 Å². The van der Waals surface area contributed by atoms with Gasteiger partial charge in [0.1, 0.15) is 5.82 Å². The molecule has 0 amide bonds. The zero-order valence-electron chi connectivity index (χ0n) is 14.7. The lowest BCUT2D eigenvalue weighted by atomic mass is 10.2. The third kappa shape index (κ3) is 5.23. The summed E-state index contributed by atoms with van der Waals surface area (Å²) < 4.78 is 14.4. The molecule has 3 rings (SSSR count). The summed E-state index contributed by atoms with van der Waals surface area (Å²) in [4.78, 5) is 0. The highest BCUT2D eigenvalue weighted by molar-refractivity contribution is 7.98. The van der Waals surface area contributed by atoms with Gasteiger partial charge in [0.15, 0.2) is 5.16 Å². The van der Waals surface area contributed by atoms with Crippen molar-refractivity contribution in [2.45, 2.75) is 22.4 Å². The molecule has 0 saturated carbocycles. The fourth-order valence-electron chi connectivity index (χ4n) is 2.43. The zero-order chi connectivity index (χ0) is 20.3. The lowest BCUT2D eigenvalue weighted by Gasteiger charge is -2.08. The zero-order valence-corrected chi connectivity index (χ0v) is 19.3. The molecule has 10 heteroatoms. The lowest BCUT2D eigenvalue weighted by molar-refractivity contribution is 0.677. The van der Waals surface area contributed by atoms with Crippen molar-refractivity contribution in [2.24, 2.45) is 7.05 Å². The van der Waals surface area contributed by atoms with Gasteiger partial charge in [-0.3, -0.25) is 4.21 Å². The standard InChI is InChI=1S/C18H15Cl4N3OS2/c1-25-17(10-28(26)9-12-15(21)6-3-7-16(12)22)23-24-18(25)27-8-11-13(19)4-2-5-14(11)20/h2-7H,8-10H2,1H3/t28-/m0/s1. The highest BCUT2D eigenvalue weighted by atomic mass is 35.5. The molecule has 1 atom stereocenters. The van der Waals surface area contributed by atoms with Crippen LogP contribution < -0.4 is 0 Å².